The van der Waals surface area contributed by atoms with Gasteiger partial charge in [-0.05, 0) is 30.7 Å². The SMILES string of the molecule is Cc1ccc(CN2CCN(Cc3nc4ccccc4n3Cc3ccccc3F)CC2)cc1. The lowest BCUT2D eigenvalue weighted by Crippen LogP contribution is -2.45. The number of halogens is 1. The molecule has 1 fully saturated rings. The molecular formula is C27H29FN4. The maximum absolute atomic E-state index is 14.4. The second-order valence-electron chi connectivity index (χ2n) is 8.73. The summed E-state index contributed by atoms with van der Waals surface area (Å²) in [5, 5.41) is 0. The van der Waals surface area contributed by atoms with E-state index < -0.39 is 0 Å². The zero-order chi connectivity index (χ0) is 21.9. The molecule has 5 heteroatoms. The number of nitrogens with zero attached hydrogens (tertiary/aromatic N) is 4. The Hall–Kier alpha value is -3.02. The van der Waals surface area contributed by atoms with Crippen LogP contribution in [-0.2, 0) is 19.6 Å². The van der Waals surface area contributed by atoms with Gasteiger partial charge in [-0.15, -0.1) is 0 Å². The van der Waals surface area contributed by atoms with Crippen LogP contribution in [0.25, 0.3) is 11.0 Å². The predicted octanol–water partition coefficient (Wildman–Crippen LogP) is 4.85. The molecule has 0 aliphatic carbocycles. The van der Waals surface area contributed by atoms with E-state index in [1.54, 1.807) is 6.07 Å². The number of fused-ring (bicyclic) bond motifs is 1. The van der Waals surface area contributed by atoms with Gasteiger partial charge in [0.05, 0.1) is 24.1 Å². The number of hydrogen-bond acceptors (Lipinski definition) is 3. The summed E-state index contributed by atoms with van der Waals surface area (Å²) in [6.45, 7) is 8.51. The average Bonchev–Trinajstić information content (AvgIpc) is 3.15. The van der Waals surface area contributed by atoms with E-state index in [9.17, 15) is 4.39 Å². The van der Waals surface area contributed by atoms with Crippen molar-refractivity contribution in [2.24, 2.45) is 0 Å². The molecule has 1 aromatic heterocycles. The van der Waals surface area contributed by atoms with E-state index in [1.165, 1.54) is 17.2 Å². The van der Waals surface area contributed by atoms with E-state index in [1.807, 2.05) is 30.3 Å². The number of hydrogen-bond donors (Lipinski definition) is 0. The van der Waals surface area contributed by atoms with Gasteiger partial charge < -0.3 is 4.57 Å². The number of rotatable bonds is 6. The molecular weight excluding hydrogens is 399 g/mol. The summed E-state index contributed by atoms with van der Waals surface area (Å²) < 4.78 is 16.5. The highest BCUT2D eigenvalue weighted by atomic mass is 19.1. The monoisotopic (exact) mass is 428 g/mol. The van der Waals surface area contributed by atoms with E-state index >= 15 is 0 Å². The minimum Gasteiger partial charge on any atom is -0.322 e. The Morgan fingerprint density at radius 2 is 1.41 bits per heavy atom. The third-order valence-electron chi connectivity index (χ3n) is 6.38. The number of aryl methyl sites for hydroxylation is 1. The molecule has 164 valence electrons. The van der Waals surface area contributed by atoms with Gasteiger partial charge in [-0.1, -0.05) is 60.2 Å². The molecule has 4 nitrogen and oxygen atoms in total. The molecule has 4 aromatic rings. The fraction of sp³-hybridized carbons (Fsp3) is 0.296. The summed E-state index contributed by atoms with van der Waals surface area (Å²) in [5.74, 6) is 0.836. The lowest BCUT2D eigenvalue weighted by atomic mass is 10.1. The third-order valence-corrected chi connectivity index (χ3v) is 6.38. The second kappa shape index (κ2) is 9.23. The van der Waals surface area contributed by atoms with Crippen LogP contribution in [0.15, 0.2) is 72.8 Å². The van der Waals surface area contributed by atoms with Crippen molar-refractivity contribution in [2.45, 2.75) is 26.6 Å². The largest absolute Gasteiger partial charge is 0.322 e. The number of aromatic nitrogens is 2. The number of piperazine rings is 1. The second-order valence-corrected chi connectivity index (χ2v) is 8.73. The summed E-state index contributed by atoms with van der Waals surface area (Å²) in [7, 11) is 0. The van der Waals surface area contributed by atoms with Crippen molar-refractivity contribution >= 4 is 11.0 Å². The quantitative estimate of drug-likeness (QED) is 0.439. The zero-order valence-corrected chi connectivity index (χ0v) is 18.5. The van der Waals surface area contributed by atoms with E-state index in [2.05, 4.69) is 51.6 Å². The Bertz CT molecular complexity index is 1190. The molecule has 1 aliphatic heterocycles. The van der Waals surface area contributed by atoms with Crippen LogP contribution in [0.4, 0.5) is 4.39 Å². The van der Waals surface area contributed by atoms with Gasteiger partial charge in [0.1, 0.15) is 11.6 Å². The van der Waals surface area contributed by atoms with Crippen LogP contribution in [-0.4, -0.2) is 45.5 Å². The Labute approximate surface area is 188 Å². The molecule has 0 unspecified atom stereocenters. The van der Waals surface area contributed by atoms with Crippen molar-refractivity contribution in [1.29, 1.82) is 0 Å². The molecule has 0 amide bonds. The highest BCUT2D eigenvalue weighted by Gasteiger charge is 2.20. The summed E-state index contributed by atoms with van der Waals surface area (Å²) in [6, 6.07) is 24.0. The molecule has 0 bridgehead atoms. The molecule has 5 rings (SSSR count). The molecule has 3 aromatic carbocycles. The smallest absolute Gasteiger partial charge is 0.128 e. The van der Waals surface area contributed by atoms with Gasteiger partial charge in [0.25, 0.3) is 0 Å². The van der Waals surface area contributed by atoms with Crippen LogP contribution in [0.3, 0.4) is 0 Å². The molecule has 1 saturated heterocycles. The number of imidazole rings is 1. The number of para-hydroxylation sites is 2. The number of benzene rings is 3. The molecule has 0 radical (unpaired) electrons. The Morgan fingerprint density at radius 1 is 0.750 bits per heavy atom. The minimum atomic E-state index is -0.166. The van der Waals surface area contributed by atoms with Gasteiger partial charge in [0, 0.05) is 38.3 Å². The van der Waals surface area contributed by atoms with Crippen molar-refractivity contribution in [3.8, 4) is 0 Å². The predicted molar refractivity (Wildman–Crippen MR) is 127 cm³/mol. The van der Waals surface area contributed by atoms with Crippen LogP contribution in [0.2, 0.25) is 0 Å². The van der Waals surface area contributed by atoms with Crippen molar-refractivity contribution < 1.29 is 4.39 Å². The van der Waals surface area contributed by atoms with E-state index in [-0.39, 0.29) is 5.82 Å². The molecule has 32 heavy (non-hydrogen) atoms. The fourth-order valence-electron chi connectivity index (χ4n) is 4.48. The van der Waals surface area contributed by atoms with Crippen LogP contribution >= 0.6 is 0 Å². The minimum absolute atomic E-state index is 0.166. The lowest BCUT2D eigenvalue weighted by molar-refractivity contribution is 0.119. The molecule has 1 aliphatic rings. The molecule has 0 saturated carbocycles. The third kappa shape index (κ3) is 4.59. The van der Waals surface area contributed by atoms with Crippen LogP contribution in [0.1, 0.15) is 22.5 Å². The van der Waals surface area contributed by atoms with Crippen LogP contribution in [0, 0.1) is 12.7 Å². The van der Waals surface area contributed by atoms with Crippen LogP contribution < -0.4 is 0 Å². The van der Waals surface area contributed by atoms with E-state index in [0.29, 0.717) is 12.1 Å². The Morgan fingerprint density at radius 3 is 2.16 bits per heavy atom. The van der Waals surface area contributed by atoms with Gasteiger partial charge in [0.15, 0.2) is 0 Å². The van der Waals surface area contributed by atoms with Gasteiger partial charge in [-0.3, -0.25) is 9.80 Å². The van der Waals surface area contributed by atoms with Gasteiger partial charge >= 0.3 is 0 Å². The average molecular weight is 429 g/mol. The maximum atomic E-state index is 14.4. The lowest BCUT2D eigenvalue weighted by Gasteiger charge is -2.34. The van der Waals surface area contributed by atoms with Crippen molar-refractivity contribution in [3.05, 3.63) is 101 Å². The normalized spacial score (nSPS) is 15.4. The molecule has 0 N–H and O–H groups in total. The van der Waals surface area contributed by atoms with Crippen molar-refractivity contribution in [1.82, 2.24) is 19.4 Å². The van der Waals surface area contributed by atoms with Crippen molar-refractivity contribution in [3.63, 3.8) is 0 Å². The highest BCUT2D eigenvalue weighted by Crippen LogP contribution is 2.21. The van der Waals surface area contributed by atoms with Gasteiger partial charge in [-0.2, -0.15) is 0 Å². The molecule has 2 heterocycles. The standard InChI is InChI=1S/C27H29FN4/c1-21-10-12-22(13-11-21)18-30-14-16-31(17-15-30)20-27-29-25-8-4-5-9-26(25)32(27)19-23-6-2-3-7-24(23)28/h2-13H,14-20H2,1H3. The Balaban J connectivity index is 1.29. The Kier molecular flexibility index (Phi) is 6.02. The summed E-state index contributed by atoms with van der Waals surface area (Å²) in [6.07, 6.45) is 0. The van der Waals surface area contributed by atoms with E-state index in [0.717, 1.165) is 56.1 Å². The zero-order valence-electron chi connectivity index (χ0n) is 18.5. The first kappa shape index (κ1) is 20.9. The highest BCUT2D eigenvalue weighted by molar-refractivity contribution is 5.76. The first-order valence-corrected chi connectivity index (χ1v) is 11.3. The van der Waals surface area contributed by atoms with Gasteiger partial charge in [-0.25, -0.2) is 9.37 Å². The summed E-state index contributed by atoms with van der Waals surface area (Å²) in [5.41, 5.74) is 5.40. The van der Waals surface area contributed by atoms with Gasteiger partial charge in [0.2, 0.25) is 0 Å². The molecule has 0 atom stereocenters. The van der Waals surface area contributed by atoms with Crippen LogP contribution in [0.5, 0.6) is 0 Å². The van der Waals surface area contributed by atoms with Crippen molar-refractivity contribution in [2.75, 3.05) is 26.2 Å². The maximum Gasteiger partial charge on any atom is 0.128 e. The molecule has 0 spiro atoms. The first-order valence-electron chi connectivity index (χ1n) is 11.3. The fourth-order valence-corrected chi connectivity index (χ4v) is 4.48. The summed E-state index contributed by atoms with van der Waals surface area (Å²) in [4.78, 5) is 9.89. The van der Waals surface area contributed by atoms with E-state index in [4.69, 9.17) is 4.98 Å². The first-order chi connectivity index (χ1) is 15.7. The summed E-state index contributed by atoms with van der Waals surface area (Å²) >= 11 is 0. The topological polar surface area (TPSA) is 24.3 Å².